The first kappa shape index (κ1) is 10.00. The molecule has 0 saturated heterocycles. The fourth-order valence-electron chi connectivity index (χ4n) is 5.13. The molecule has 3 N–H and O–H groups in total. The molecule has 0 spiro atoms. The van der Waals surface area contributed by atoms with Crippen molar-refractivity contribution in [2.24, 2.45) is 28.9 Å². The van der Waals surface area contributed by atoms with Gasteiger partial charge in [-0.1, -0.05) is 5.21 Å². The highest BCUT2D eigenvalue weighted by molar-refractivity contribution is 5.09. The molecule has 4 fully saturated rings. The number of aromatic amines is 1. The van der Waals surface area contributed by atoms with Crippen molar-refractivity contribution in [1.82, 2.24) is 20.6 Å². The molecule has 1 atom stereocenters. The van der Waals surface area contributed by atoms with Crippen LogP contribution in [0.1, 0.15) is 50.4 Å². The smallest absolute Gasteiger partial charge is 0.191 e. The molecule has 1 aromatic rings. The minimum atomic E-state index is -0.0188. The largest absolute Gasteiger partial charge is 0.321 e. The molecule has 1 aromatic heterocycles. The van der Waals surface area contributed by atoms with Crippen LogP contribution < -0.4 is 5.73 Å². The number of hydrogen-bond donors (Lipinski definition) is 2. The first-order chi connectivity index (χ1) is 8.25. The Bertz CT molecular complexity index is 377. The number of nitrogens with two attached hydrogens (primary N) is 1. The van der Waals surface area contributed by atoms with Crippen LogP contribution in [0.5, 0.6) is 0 Å². The van der Waals surface area contributed by atoms with Crippen molar-refractivity contribution in [3.05, 3.63) is 5.82 Å². The van der Waals surface area contributed by atoms with E-state index in [-0.39, 0.29) is 11.5 Å². The van der Waals surface area contributed by atoms with Crippen LogP contribution in [0.15, 0.2) is 0 Å². The molecular formula is C12H19N5. The van der Waals surface area contributed by atoms with Crippen LogP contribution in [-0.2, 0) is 0 Å². The minimum Gasteiger partial charge on any atom is -0.321 e. The number of rotatable bonds is 2. The van der Waals surface area contributed by atoms with Crippen LogP contribution in [0.25, 0.3) is 0 Å². The van der Waals surface area contributed by atoms with E-state index in [1.807, 2.05) is 0 Å². The number of nitrogens with zero attached hydrogens (tertiary/aromatic N) is 3. The molecule has 4 aliphatic carbocycles. The summed E-state index contributed by atoms with van der Waals surface area (Å²) in [4.78, 5) is 0. The Morgan fingerprint density at radius 1 is 1.12 bits per heavy atom. The van der Waals surface area contributed by atoms with Gasteiger partial charge in [-0.25, -0.2) is 0 Å². The molecule has 4 saturated carbocycles. The molecule has 5 heteroatoms. The second-order valence-corrected chi connectivity index (χ2v) is 6.53. The van der Waals surface area contributed by atoms with Crippen molar-refractivity contribution < 1.29 is 0 Å². The summed E-state index contributed by atoms with van der Waals surface area (Å²) >= 11 is 0. The van der Waals surface area contributed by atoms with Crippen LogP contribution >= 0.6 is 0 Å². The second-order valence-electron chi connectivity index (χ2n) is 6.53. The third-order valence-corrected chi connectivity index (χ3v) is 5.39. The maximum atomic E-state index is 6.45. The highest BCUT2D eigenvalue weighted by Crippen LogP contribution is 2.63. The van der Waals surface area contributed by atoms with Crippen LogP contribution in [0.4, 0.5) is 0 Å². The van der Waals surface area contributed by atoms with Gasteiger partial charge in [0.1, 0.15) is 0 Å². The van der Waals surface area contributed by atoms with Gasteiger partial charge in [0.15, 0.2) is 5.82 Å². The molecule has 4 bridgehead atoms. The van der Waals surface area contributed by atoms with Gasteiger partial charge in [-0.05, 0) is 61.7 Å². The molecule has 0 radical (unpaired) electrons. The summed E-state index contributed by atoms with van der Waals surface area (Å²) in [5, 5.41) is 14.4. The minimum absolute atomic E-state index is 0.0188. The molecule has 1 heterocycles. The molecule has 0 aromatic carbocycles. The van der Waals surface area contributed by atoms with E-state index < -0.39 is 0 Å². The maximum Gasteiger partial charge on any atom is 0.191 e. The zero-order valence-electron chi connectivity index (χ0n) is 9.97. The number of aromatic nitrogens is 4. The standard InChI is InChI=1S/C12H19N5/c13-10(11-14-16-17-15-11)12-4-7-1-8(5-12)3-9(2-7)6-12/h7-10H,1-6,13H2,(H,14,15,16,17). The van der Waals surface area contributed by atoms with Gasteiger partial charge < -0.3 is 5.73 Å². The SMILES string of the molecule is NC(c1nn[nH]n1)C12CC3CC(CC(C3)C1)C2. The lowest BCUT2D eigenvalue weighted by Gasteiger charge is -2.58. The van der Waals surface area contributed by atoms with E-state index in [4.69, 9.17) is 5.73 Å². The summed E-state index contributed by atoms with van der Waals surface area (Å²) in [5.41, 5.74) is 6.73. The maximum absolute atomic E-state index is 6.45. The summed E-state index contributed by atoms with van der Waals surface area (Å²) in [7, 11) is 0. The Labute approximate surface area is 101 Å². The van der Waals surface area contributed by atoms with Gasteiger partial charge in [0.25, 0.3) is 0 Å². The van der Waals surface area contributed by atoms with Gasteiger partial charge in [0, 0.05) is 0 Å². The number of nitrogens with one attached hydrogen (secondary N) is 1. The first-order valence-corrected chi connectivity index (χ1v) is 6.74. The van der Waals surface area contributed by atoms with Gasteiger partial charge in [0.05, 0.1) is 6.04 Å². The van der Waals surface area contributed by atoms with E-state index in [0.717, 1.165) is 17.8 Å². The van der Waals surface area contributed by atoms with Gasteiger partial charge in [-0.2, -0.15) is 5.21 Å². The number of H-pyrrole nitrogens is 1. The van der Waals surface area contributed by atoms with Gasteiger partial charge in [0.2, 0.25) is 0 Å². The highest BCUT2D eigenvalue weighted by atomic mass is 15.5. The summed E-state index contributed by atoms with van der Waals surface area (Å²) in [6.45, 7) is 0. The molecular weight excluding hydrogens is 214 g/mol. The molecule has 1 unspecified atom stereocenters. The summed E-state index contributed by atoms with van der Waals surface area (Å²) in [6, 6.07) is -0.0188. The summed E-state index contributed by atoms with van der Waals surface area (Å²) in [6.07, 6.45) is 8.19. The molecule has 92 valence electrons. The molecule has 4 aliphatic rings. The summed E-state index contributed by atoms with van der Waals surface area (Å²) < 4.78 is 0. The third-order valence-electron chi connectivity index (χ3n) is 5.39. The Morgan fingerprint density at radius 2 is 1.71 bits per heavy atom. The first-order valence-electron chi connectivity index (χ1n) is 6.74. The predicted molar refractivity (Wildman–Crippen MR) is 61.7 cm³/mol. The van der Waals surface area contributed by atoms with Crippen molar-refractivity contribution in [2.75, 3.05) is 0 Å². The van der Waals surface area contributed by atoms with Crippen LogP contribution in [-0.4, -0.2) is 20.6 Å². The zero-order chi connectivity index (χ0) is 11.5. The fourth-order valence-corrected chi connectivity index (χ4v) is 5.13. The van der Waals surface area contributed by atoms with Crippen LogP contribution in [0, 0.1) is 23.2 Å². The lowest BCUT2D eigenvalue weighted by atomic mass is 9.47. The van der Waals surface area contributed by atoms with Crippen molar-refractivity contribution in [1.29, 1.82) is 0 Å². The average Bonchev–Trinajstić information content (AvgIpc) is 2.79. The fraction of sp³-hybridized carbons (Fsp3) is 0.917. The Hall–Kier alpha value is -0.970. The van der Waals surface area contributed by atoms with E-state index in [9.17, 15) is 0 Å². The number of tetrazole rings is 1. The second kappa shape index (κ2) is 3.28. The van der Waals surface area contributed by atoms with E-state index in [2.05, 4.69) is 20.6 Å². The highest BCUT2D eigenvalue weighted by Gasteiger charge is 2.54. The van der Waals surface area contributed by atoms with Crippen molar-refractivity contribution in [3.63, 3.8) is 0 Å². The third kappa shape index (κ3) is 1.38. The predicted octanol–water partition coefficient (Wildman–Crippen LogP) is 1.42. The monoisotopic (exact) mass is 233 g/mol. The number of hydrogen-bond acceptors (Lipinski definition) is 4. The van der Waals surface area contributed by atoms with Gasteiger partial charge in [-0.3, -0.25) is 0 Å². The van der Waals surface area contributed by atoms with Crippen LogP contribution in [0.3, 0.4) is 0 Å². The van der Waals surface area contributed by atoms with Crippen molar-refractivity contribution in [3.8, 4) is 0 Å². The Balaban J connectivity index is 1.68. The van der Waals surface area contributed by atoms with E-state index in [1.165, 1.54) is 38.5 Å². The molecule has 0 aliphatic heterocycles. The molecule has 17 heavy (non-hydrogen) atoms. The molecule has 5 rings (SSSR count). The van der Waals surface area contributed by atoms with E-state index >= 15 is 0 Å². The lowest BCUT2D eigenvalue weighted by molar-refractivity contribution is -0.0691. The average molecular weight is 233 g/mol. The molecule has 0 amide bonds. The van der Waals surface area contributed by atoms with E-state index in [1.54, 1.807) is 0 Å². The van der Waals surface area contributed by atoms with Crippen LogP contribution in [0.2, 0.25) is 0 Å². The normalized spacial score (nSPS) is 45.1. The Kier molecular flexibility index (Phi) is 1.93. The molecule has 5 nitrogen and oxygen atoms in total. The quantitative estimate of drug-likeness (QED) is 0.809. The zero-order valence-corrected chi connectivity index (χ0v) is 9.97. The van der Waals surface area contributed by atoms with Gasteiger partial charge in [-0.15, -0.1) is 10.2 Å². The van der Waals surface area contributed by atoms with Crippen molar-refractivity contribution in [2.45, 2.75) is 44.6 Å². The van der Waals surface area contributed by atoms with E-state index in [0.29, 0.717) is 5.82 Å². The lowest BCUT2D eigenvalue weighted by Crippen LogP contribution is -2.51. The topological polar surface area (TPSA) is 80.5 Å². The van der Waals surface area contributed by atoms with Gasteiger partial charge >= 0.3 is 0 Å². The van der Waals surface area contributed by atoms with Crippen molar-refractivity contribution >= 4 is 0 Å². The Morgan fingerprint density at radius 3 is 2.18 bits per heavy atom. The summed E-state index contributed by atoms with van der Waals surface area (Å²) in [5.74, 6) is 3.46.